The van der Waals surface area contributed by atoms with Crippen LogP contribution in [0.3, 0.4) is 0 Å². The van der Waals surface area contributed by atoms with Crippen LogP contribution in [-0.4, -0.2) is 13.0 Å². The van der Waals surface area contributed by atoms with Gasteiger partial charge in [-0.05, 0) is 30.2 Å². The molecule has 3 heteroatoms. The molecule has 0 aliphatic carbocycles. The van der Waals surface area contributed by atoms with Crippen molar-refractivity contribution in [2.24, 2.45) is 0 Å². The summed E-state index contributed by atoms with van der Waals surface area (Å²) in [5.41, 5.74) is 2.00. The summed E-state index contributed by atoms with van der Waals surface area (Å²) in [6, 6.07) is 7.73. The van der Waals surface area contributed by atoms with E-state index < -0.39 is 0 Å². The van der Waals surface area contributed by atoms with Crippen LogP contribution >= 0.6 is 0 Å². The predicted molar refractivity (Wildman–Crippen MR) is 59.0 cm³/mol. The molecule has 0 aliphatic rings. The van der Waals surface area contributed by atoms with Crippen molar-refractivity contribution >= 4 is 16.9 Å². The van der Waals surface area contributed by atoms with Crippen LogP contribution in [0.5, 0.6) is 0 Å². The summed E-state index contributed by atoms with van der Waals surface area (Å²) in [4.78, 5) is 11.3. The third kappa shape index (κ3) is 1.73. The van der Waals surface area contributed by atoms with E-state index >= 15 is 0 Å². The van der Waals surface area contributed by atoms with Gasteiger partial charge in [-0.3, -0.25) is 4.79 Å². The van der Waals surface area contributed by atoms with Crippen LogP contribution < -0.4 is 5.32 Å². The largest absolute Gasteiger partial charge is 0.451 e. The van der Waals surface area contributed by atoms with Crippen LogP contribution in [0.1, 0.15) is 23.0 Å². The van der Waals surface area contributed by atoms with Crippen molar-refractivity contribution in [2.75, 3.05) is 7.05 Å². The van der Waals surface area contributed by atoms with E-state index in [0.717, 1.165) is 17.4 Å². The molecule has 78 valence electrons. The number of hydrogen-bond donors (Lipinski definition) is 1. The first-order chi connectivity index (χ1) is 7.24. The first-order valence-corrected chi connectivity index (χ1v) is 4.99. The van der Waals surface area contributed by atoms with Crippen LogP contribution in [0.4, 0.5) is 0 Å². The van der Waals surface area contributed by atoms with Crippen molar-refractivity contribution in [3.8, 4) is 0 Å². The average molecular weight is 203 g/mol. The van der Waals surface area contributed by atoms with E-state index in [1.54, 1.807) is 13.1 Å². The minimum atomic E-state index is -0.191. The van der Waals surface area contributed by atoms with Crippen LogP contribution in [0, 0.1) is 0 Å². The maximum absolute atomic E-state index is 11.3. The number of carbonyl (C=O) groups excluding carboxylic acids is 1. The van der Waals surface area contributed by atoms with Crippen LogP contribution in [-0.2, 0) is 6.42 Å². The minimum Gasteiger partial charge on any atom is -0.451 e. The topological polar surface area (TPSA) is 42.2 Å². The lowest BCUT2D eigenvalue weighted by molar-refractivity contribution is 0.0938. The highest BCUT2D eigenvalue weighted by Gasteiger charge is 2.10. The molecular weight excluding hydrogens is 190 g/mol. The third-order valence-corrected chi connectivity index (χ3v) is 2.44. The van der Waals surface area contributed by atoms with Gasteiger partial charge in [-0.25, -0.2) is 0 Å². The van der Waals surface area contributed by atoms with Gasteiger partial charge in [0.15, 0.2) is 5.76 Å². The van der Waals surface area contributed by atoms with Crippen molar-refractivity contribution in [3.63, 3.8) is 0 Å². The molecule has 1 aromatic carbocycles. The van der Waals surface area contributed by atoms with Gasteiger partial charge in [0.25, 0.3) is 5.91 Å². The lowest BCUT2D eigenvalue weighted by Gasteiger charge is -1.93. The fourth-order valence-electron chi connectivity index (χ4n) is 1.55. The number of aryl methyl sites for hydroxylation is 1. The molecule has 0 spiro atoms. The van der Waals surface area contributed by atoms with E-state index in [-0.39, 0.29) is 5.91 Å². The van der Waals surface area contributed by atoms with Crippen molar-refractivity contribution < 1.29 is 9.21 Å². The lowest BCUT2D eigenvalue weighted by Crippen LogP contribution is -2.16. The molecule has 0 saturated carbocycles. The monoisotopic (exact) mass is 203 g/mol. The zero-order valence-electron chi connectivity index (χ0n) is 8.83. The maximum Gasteiger partial charge on any atom is 0.286 e. The number of amides is 1. The van der Waals surface area contributed by atoms with E-state index in [0.29, 0.717) is 5.76 Å². The zero-order valence-corrected chi connectivity index (χ0v) is 8.83. The molecule has 1 heterocycles. The Hall–Kier alpha value is -1.77. The number of fused-ring (bicyclic) bond motifs is 1. The second kappa shape index (κ2) is 3.77. The number of rotatable bonds is 2. The second-order valence-corrected chi connectivity index (χ2v) is 3.42. The SMILES string of the molecule is CCc1ccc2oc(C(=O)NC)cc2c1. The Bertz CT molecular complexity index is 499. The van der Waals surface area contributed by atoms with Crippen LogP contribution in [0.25, 0.3) is 11.0 Å². The zero-order chi connectivity index (χ0) is 10.8. The molecule has 0 radical (unpaired) electrons. The van der Waals surface area contributed by atoms with E-state index in [4.69, 9.17) is 4.42 Å². The van der Waals surface area contributed by atoms with Crippen molar-refractivity contribution in [1.29, 1.82) is 0 Å². The highest BCUT2D eigenvalue weighted by molar-refractivity contribution is 5.95. The van der Waals surface area contributed by atoms with Gasteiger partial charge in [-0.15, -0.1) is 0 Å². The van der Waals surface area contributed by atoms with Crippen LogP contribution in [0.2, 0.25) is 0 Å². The molecule has 0 saturated heterocycles. The summed E-state index contributed by atoms with van der Waals surface area (Å²) in [6.07, 6.45) is 0.983. The Balaban J connectivity index is 2.51. The Labute approximate surface area is 88.1 Å². The third-order valence-electron chi connectivity index (χ3n) is 2.44. The molecule has 1 N–H and O–H groups in total. The lowest BCUT2D eigenvalue weighted by atomic mass is 10.1. The van der Waals surface area contributed by atoms with Gasteiger partial charge in [-0.1, -0.05) is 13.0 Å². The van der Waals surface area contributed by atoms with Gasteiger partial charge < -0.3 is 9.73 Å². The van der Waals surface area contributed by atoms with Crippen molar-refractivity contribution in [3.05, 3.63) is 35.6 Å². The van der Waals surface area contributed by atoms with Crippen LogP contribution in [0.15, 0.2) is 28.7 Å². The Kier molecular flexibility index (Phi) is 2.46. The standard InChI is InChI=1S/C12H13NO2/c1-3-8-4-5-10-9(6-8)7-11(15-10)12(14)13-2/h4-7H,3H2,1-2H3,(H,13,14). The Morgan fingerprint density at radius 1 is 1.40 bits per heavy atom. The molecule has 1 aromatic heterocycles. The summed E-state index contributed by atoms with van der Waals surface area (Å²) in [6.45, 7) is 2.10. The summed E-state index contributed by atoms with van der Waals surface area (Å²) in [7, 11) is 1.59. The molecule has 0 atom stereocenters. The maximum atomic E-state index is 11.3. The summed E-state index contributed by atoms with van der Waals surface area (Å²) in [5.74, 6) is 0.171. The molecule has 0 bridgehead atoms. The fraction of sp³-hybridized carbons (Fsp3) is 0.250. The van der Waals surface area contributed by atoms with Gasteiger partial charge in [0.2, 0.25) is 0 Å². The second-order valence-electron chi connectivity index (χ2n) is 3.42. The molecule has 0 aliphatic heterocycles. The highest BCUT2D eigenvalue weighted by Crippen LogP contribution is 2.20. The highest BCUT2D eigenvalue weighted by atomic mass is 16.3. The fourth-order valence-corrected chi connectivity index (χ4v) is 1.55. The first kappa shape index (κ1) is 9.77. The Morgan fingerprint density at radius 2 is 2.20 bits per heavy atom. The summed E-state index contributed by atoms with van der Waals surface area (Å²) < 4.78 is 5.41. The molecule has 2 rings (SSSR count). The molecule has 0 fully saturated rings. The number of furan rings is 1. The van der Waals surface area contributed by atoms with Gasteiger partial charge in [0, 0.05) is 12.4 Å². The van der Waals surface area contributed by atoms with Gasteiger partial charge in [-0.2, -0.15) is 0 Å². The number of hydrogen-bond acceptors (Lipinski definition) is 2. The molecule has 3 nitrogen and oxygen atoms in total. The number of benzene rings is 1. The average Bonchev–Trinajstić information content (AvgIpc) is 2.70. The predicted octanol–water partition coefficient (Wildman–Crippen LogP) is 2.35. The smallest absolute Gasteiger partial charge is 0.286 e. The molecule has 15 heavy (non-hydrogen) atoms. The van der Waals surface area contributed by atoms with Gasteiger partial charge in [0.1, 0.15) is 5.58 Å². The molecular formula is C12H13NO2. The summed E-state index contributed by atoms with van der Waals surface area (Å²) in [5, 5.41) is 3.52. The van der Waals surface area contributed by atoms with Crippen molar-refractivity contribution in [2.45, 2.75) is 13.3 Å². The molecule has 2 aromatic rings. The number of carbonyl (C=O) groups is 1. The normalized spacial score (nSPS) is 10.5. The number of nitrogens with one attached hydrogen (secondary N) is 1. The van der Waals surface area contributed by atoms with Gasteiger partial charge in [0.05, 0.1) is 0 Å². The van der Waals surface area contributed by atoms with Crippen molar-refractivity contribution in [1.82, 2.24) is 5.32 Å². The quantitative estimate of drug-likeness (QED) is 0.814. The van der Waals surface area contributed by atoms with Gasteiger partial charge >= 0.3 is 0 Å². The van der Waals surface area contributed by atoms with E-state index in [1.165, 1.54) is 5.56 Å². The van der Waals surface area contributed by atoms with E-state index in [9.17, 15) is 4.79 Å². The Morgan fingerprint density at radius 3 is 2.87 bits per heavy atom. The summed E-state index contributed by atoms with van der Waals surface area (Å²) >= 11 is 0. The van der Waals surface area contributed by atoms with E-state index in [1.807, 2.05) is 18.2 Å². The van der Waals surface area contributed by atoms with E-state index in [2.05, 4.69) is 12.2 Å². The molecule has 1 amide bonds. The first-order valence-electron chi connectivity index (χ1n) is 4.99. The minimum absolute atomic E-state index is 0.191. The molecule has 0 unspecified atom stereocenters.